The van der Waals surface area contributed by atoms with Crippen LogP contribution in [0.4, 0.5) is 13.2 Å². The molecule has 0 radical (unpaired) electrons. The number of piperidine rings is 1. The number of carbonyl (C=O) groups excluding carboxylic acids is 2. The van der Waals surface area contributed by atoms with Crippen molar-refractivity contribution in [2.75, 3.05) is 6.54 Å². The first-order chi connectivity index (χ1) is 11.1. The molecule has 9 heteroatoms. The van der Waals surface area contributed by atoms with E-state index in [1.54, 1.807) is 0 Å². The second-order valence-corrected chi connectivity index (χ2v) is 6.29. The summed E-state index contributed by atoms with van der Waals surface area (Å²) in [5.41, 5.74) is 0.112. The summed E-state index contributed by atoms with van der Waals surface area (Å²) in [6.45, 7) is 4.84. The number of alkyl halides is 3. The number of nitrogens with zero attached hydrogens (tertiary/aromatic N) is 3. The summed E-state index contributed by atoms with van der Waals surface area (Å²) in [6.07, 6.45) is -1.84. The number of hydrogen-bond acceptors (Lipinski definition) is 3. The zero-order valence-corrected chi connectivity index (χ0v) is 13.8. The minimum absolute atomic E-state index is 0.00144. The summed E-state index contributed by atoms with van der Waals surface area (Å²) in [7, 11) is 0. The van der Waals surface area contributed by atoms with Gasteiger partial charge in [0.2, 0.25) is 5.91 Å². The number of rotatable bonds is 3. The average molecular weight is 346 g/mol. The predicted molar refractivity (Wildman–Crippen MR) is 80.3 cm³/mol. The minimum atomic E-state index is -4.51. The van der Waals surface area contributed by atoms with Gasteiger partial charge in [0.1, 0.15) is 6.04 Å². The standard InChI is InChI=1S/C15H21F3N4O2/c1-9(2)22-7-11(6-19-22)14(24)21-8-12(20-10(3)23)4-5-13(21)15(16,17)18/h6-7,9,12-13H,4-5,8H2,1-3H3,(H,20,23)/t12-,13-/m1/s1. The van der Waals surface area contributed by atoms with Gasteiger partial charge >= 0.3 is 6.18 Å². The van der Waals surface area contributed by atoms with E-state index in [0.717, 1.165) is 4.90 Å². The van der Waals surface area contributed by atoms with Crippen molar-refractivity contribution in [3.63, 3.8) is 0 Å². The monoisotopic (exact) mass is 346 g/mol. The van der Waals surface area contributed by atoms with E-state index in [2.05, 4.69) is 10.4 Å². The molecule has 1 aliphatic rings. The Labute approximate surface area is 138 Å². The molecule has 1 saturated heterocycles. The molecule has 0 saturated carbocycles. The van der Waals surface area contributed by atoms with E-state index in [0.29, 0.717) is 0 Å². The van der Waals surface area contributed by atoms with Crippen molar-refractivity contribution in [3.05, 3.63) is 18.0 Å². The average Bonchev–Trinajstić information content (AvgIpc) is 2.94. The molecule has 0 spiro atoms. The molecule has 0 unspecified atom stereocenters. The second kappa shape index (κ2) is 6.82. The van der Waals surface area contributed by atoms with Crippen LogP contribution >= 0.6 is 0 Å². The molecular weight excluding hydrogens is 325 g/mol. The maximum absolute atomic E-state index is 13.3. The van der Waals surface area contributed by atoms with Crippen molar-refractivity contribution < 1.29 is 22.8 Å². The lowest BCUT2D eigenvalue weighted by Gasteiger charge is -2.40. The Hall–Kier alpha value is -2.06. The van der Waals surface area contributed by atoms with E-state index in [1.807, 2.05) is 13.8 Å². The van der Waals surface area contributed by atoms with Gasteiger partial charge in [0.25, 0.3) is 5.91 Å². The van der Waals surface area contributed by atoms with Crippen molar-refractivity contribution >= 4 is 11.8 Å². The van der Waals surface area contributed by atoms with Gasteiger partial charge in [-0.1, -0.05) is 0 Å². The first kappa shape index (κ1) is 18.3. The Morgan fingerprint density at radius 2 is 2.00 bits per heavy atom. The summed E-state index contributed by atoms with van der Waals surface area (Å²) < 4.78 is 41.4. The number of nitrogens with one attached hydrogen (secondary N) is 1. The minimum Gasteiger partial charge on any atom is -0.352 e. The number of likely N-dealkylation sites (tertiary alicyclic amines) is 1. The number of aromatic nitrogens is 2. The van der Waals surface area contributed by atoms with Crippen LogP contribution in [-0.2, 0) is 4.79 Å². The van der Waals surface area contributed by atoms with Crippen molar-refractivity contribution in [1.29, 1.82) is 0 Å². The van der Waals surface area contributed by atoms with Gasteiger partial charge in [-0.15, -0.1) is 0 Å². The molecule has 2 heterocycles. The maximum Gasteiger partial charge on any atom is 0.408 e. The molecule has 1 aromatic rings. The van der Waals surface area contributed by atoms with Gasteiger partial charge in [0, 0.05) is 31.7 Å². The molecule has 1 fully saturated rings. The van der Waals surface area contributed by atoms with E-state index in [9.17, 15) is 22.8 Å². The molecule has 2 amide bonds. The quantitative estimate of drug-likeness (QED) is 0.912. The van der Waals surface area contributed by atoms with Crippen molar-refractivity contribution in [2.45, 2.75) is 57.9 Å². The van der Waals surface area contributed by atoms with E-state index in [-0.39, 0.29) is 36.9 Å². The topological polar surface area (TPSA) is 67.2 Å². The van der Waals surface area contributed by atoms with Crippen LogP contribution in [0.1, 0.15) is 50.0 Å². The van der Waals surface area contributed by atoms with Crippen LogP contribution in [0.2, 0.25) is 0 Å². The molecule has 6 nitrogen and oxygen atoms in total. The fraction of sp³-hybridized carbons (Fsp3) is 0.667. The highest BCUT2D eigenvalue weighted by Crippen LogP contribution is 2.33. The molecule has 1 aromatic heterocycles. The smallest absolute Gasteiger partial charge is 0.352 e. The van der Waals surface area contributed by atoms with Gasteiger partial charge < -0.3 is 10.2 Å². The van der Waals surface area contributed by atoms with Gasteiger partial charge in [0.15, 0.2) is 0 Å². The summed E-state index contributed by atoms with van der Waals surface area (Å²) in [4.78, 5) is 24.5. The molecule has 1 aliphatic heterocycles. The number of amides is 2. The SMILES string of the molecule is CC(=O)N[C@@H]1CC[C@H](C(F)(F)F)N(C(=O)c2cnn(C(C)C)c2)C1. The Morgan fingerprint density at radius 3 is 2.50 bits per heavy atom. The maximum atomic E-state index is 13.3. The molecule has 0 bridgehead atoms. The summed E-state index contributed by atoms with van der Waals surface area (Å²) in [6, 6.07) is -2.33. The number of hydrogen-bond donors (Lipinski definition) is 1. The summed E-state index contributed by atoms with van der Waals surface area (Å²) in [5, 5.41) is 6.60. The first-order valence-corrected chi connectivity index (χ1v) is 7.78. The Bertz CT molecular complexity index is 612. The highest BCUT2D eigenvalue weighted by atomic mass is 19.4. The van der Waals surface area contributed by atoms with E-state index in [4.69, 9.17) is 0 Å². The highest BCUT2D eigenvalue weighted by molar-refractivity contribution is 5.94. The fourth-order valence-electron chi connectivity index (χ4n) is 2.84. The molecule has 1 N–H and O–H groups in total. The zero-order chi connectivity index (χ0) is 18.1. The van der Waals surface area contributed by atoms with Crippen LogP contribution in [-0.4, -0.2) is 51.3 Å². The van der Waals surface area contributed by atoms with Crippen molar-refractivity contribution in [2.24, 2.45) is 0 Å². The number of halogens is 3. The van der Waals surface area contributed by atoms with E-state index < -0.39 is 24.2 Å². The molecule has 0 aliphatic carbocycles. The lowest BCUT2D eigenvalue weighted by atomic mass is 9.97. The summed E-state index contributed by atoms with van der Waals surface area (Å²) in [5.74, 6) is -1.05. The van der Waals surface area contributed by atoms with Gasteiger partial charge in [0.05, 0.1) is 11.8 Å². The lowest BCUT2D eigenvalue weighted by molar-refractivity contribution is -0.184. The summed E-state index contributed by atoms with van der Waals surface area (Å²) >= 11 is 0. The first-order valence-electron chi connectivity index (χ1n) is 7.78. The molecule has 0 aromatic carbocycles. The second-order valence-electron chi connectivity index (χ2n) is 6.29. The highest BCUT2D eigenvalue weighted by Gasteiger charge is 2.48. The molecular formula is C15H21F3N4O2. The van der Waals surface area contributed by atoms with Crippen LogP contribution in [0.3, 0.4) is 0 Å². The molecule has 2 rings (SSSR count). The normalized spacial score (nSPS) is 21.9. The van der Waals surface area contributed by atoms with E-state index in [1.165, 1.54) is 24.0 Å². The Kier molecular flexibility index (Phi) is 5.19. The zero-order valence-electron chi connectivity index (χ0n) is 13.8. The van der Waals surface area contributed by atoms with Gasteiger partial charge in [-0.2, -0.15) is 18.3 Å². The molecule has 24 heavy (non-hydrogen) atoms. The Morgan fingerprint density at radius 1 is 1.33 bits per heavy atom. The van der Waals surface area contributed by atoms with Crippen LogP contribution in [0.15, 0.2) is 12.4 Å². The van der Waals surface area contributed by atoms with Gasteiger partial charge in [-0.25, -0.2) is 0 Å². The predicted octanol–water partition coefficient (Wildman–Crippen LogP) is 2.14. The molecule has 134 valence electrons. The van der Waals surface area contributed by atoms with Crippen LogP contribution in [0.5, 0.6) is 0 Å². The Balaban J connectivity index is 2.24. The largest absolute Gasteiger partial charge is 0.408 e. The van der Waals surface area contributed by atoms with Crippen molar-refractivity contribution in [3.8, 4) is 0 Å². The van der Waals surface area contributed by atoms with Crippen LogP contribution in [0.25, 0.3) is 0 Å². The van der Waals surface area contributed by atoms with Gasteiger partial charge in [-0.3, -0.25) is 14.3 Å². The fourth-order valence-corrected chi connectivity index (χ4v) is 2.84. The third kappa shape index (κ3) is 4.07. The lowest BCUT2D eigenvalue weighted by Crippen LogP contribution is -2.58. The van der Waals surface area contributed by atoms with Crippen LogP contribution < -0.4 is 5.32 Å². The van der Waals surface area contributed by atoms with Gasteiger partial charge in [-0.05, 0) is 26.7 Å². The number of carbonyl (C=O) groups is 2. The molecule has 2 atom stereocenters. The van der Waals surface area contributed by atoms with Crippen molar-refractivity contribution in [1.82, 2.24) is 20.0 Å². The van der Waals surface area contributed by atoms with E-state index >= 15 is 0 Å². The third-order valence-corrected chi connectivity index (χ3v) is 4.01. The third-order valence-electron chi connectivity index (χ3n) is 4.01. The van der Waals surface area contributed by atoms with Crippen LogP contribution in [0, 0.1) is 0 Å².